The van der Waals surface area contributed by atoms with Crippen LogP contribution in [0.2, 0.25) is 0 Å². The van der Waals surface area contributed by atoms with Crippen LogP contribution in [0.25, 0.3) is 0 Å². The Morgan fingerprint density at radius 2 is 2.06 bits per heavy atom. The van der Waals surface area contributed by atoms with Gasteiger partial charge in [-0.1, -0.05) is 6.92 Å². The summed E-state index contributed by atoms with van der Waals surface area (Å²) in [7, 11) is 0.203. The molecule has 0 heterocycles. The maximum absolute atomic E-state index is 5.49. The van der Waals surface area contributed by atoms with Gasteiger partial charge in [-0.15, -0.1) is 20.3 Å². The molecule has 0 aromatic rings. The van der Waals surface area contributed by atoms with Crippen LogP contribution in [0, 0.1) is 18.3 Å². The Bertz CT molecular complexity index is 213. The first kappa shape index (κ1) is 17.7. The van der Waals surface area contributed by atoms with Crippen molar-refractivity contribution in [2.45, 2.75) is 31.4 Å². The summed E-state index contributed by atoms with van der Waals surface area (Å²) in [5, 5.41) is 0.753. The molecule has 3 heteroatoms. The number of terminal acetylenes is 1. The number of rotatable bonds is 10. The summed E-state index contributed by atoms with van der Waals surface area (Å²) >= 11 is 3.92. The van der Waals surface area contributed by atoms with E-state index in [1.807, 2.05) is 23.5 Å². The smallest absolute Gasteiger partial charge is 0.0118 e. The largest absolute Gasteiger partial charge is 0.165 e. The highest BCUT2D eigenvalue weighted by atomic mass is 32.2. The Morgan fingerprint density at radius 1 is 1.35 bits per heavy atom. The van der Waals surface area contributed by atoms with Crippen molar-refractivity contribution in [2.75, 3.05) is 37.3 Å². The van der Waals surface area contributed by atoms with Crippen LogP contribution in [0.5, 0.6) is 0 Å². The molecule has 0 aromatic carbocycles. The zero-order valence-electron chi connectivity index (χ0n) is 11.7. The molecular formula is C14H27PS2. The van der Waals surface area contributed by atoms with Crippen LogP contribution in [-0.4, -0.2) is 42.5 Å². The monoisotopic (exact) mass is 290 g/mol. The lowest BCUT2D eigenvalue weighted by Gasteiger charge is -2.22. The van der Waals surface area contributed by atoms with Gasteiger partial charge < -0.3 is 0 Å². The molecule has 3 unspecified atom stereocenters. The topological polar surface area (TPSA) is 0 Å². The molecule has 0 saturated heterocycles. The van der Waals surface area contributed by atoms with E-state index in [-0.39, 0.29) is 7.92 Å². The SMILES string of the molecule is C#CCC(CC(C)SC)CP(C)CCCSC. The van der Waals surface area contributed by atoms with E-state index in [2.05, 4.69) is 32.0 Å². The normalized spacial score (nSPS) is 16.2. The van der Waals surface area contributed by atoms with Gasteiger partial charge in [0.05, 0.1) is 0 Å². The number of thioether (sulfide) groups is 2. The lowest BCUT2D eigenvalue weighted by atomic mass is 10.0. The van der Waals surface area contributed by atoms with E-state index < -0.39 is 0 Å². The molecule has 0 saturated carbocycles. The molecule has 0 spiro atoms. The molecule has 100 valence electrons. The summed E-state index contributed by atoms with van der Waals surface area (Å²) in [6.45, 7) is 4.77. The van der Waals surface area contributed by atoms with Crippen LogP contribution in [0.3, 0.4) is 0 Å². The van der Waals surface area contributed by atoms with Gasteiger partial charge in [-0.3, -0.25) is 0 Å². The van der Waals surface area contributed by atoms with Crippen molar-refractivity contribution in [3.63, 3.8) is 0 Å². The molecule has 17 heavy (non-hydrogen) atoms. The van der Waals surface area contributed by atoms with Crippen LogP contribution in [-0.2, 0) is 0 Å². The van der Waals surface area contributed by atoms with Gasteiger partial charge in [-0.25, -0.2) is 0 Å². The Morgan fingerprint density at radius 3 is 2.59 bits per heavy atom. The van der Waals surface area contributed by atoms with Crippen molar-refractivity contribution in [2.24, 2.45) is 5.92 Å². The van der Waals surface area contributed by atoms with Gasteiger partial charge in [0.1, 0.15) is 0 Å². The highest BCUT2D eigenvalue weighted by Gasteiger charge is 2.15. The molecule has 0 fully saturated rings. The second kappa shape index (κ2) is 11.8. The number of hydrogen-bond acceptors (Lipinski definition) is 2. The zero-order chi connectivity index (χ0) is 13.1. The van der Waals surface area contributed by atoms with Gasteiger partial charge in [0.2, 0.25) is 0 Å². The third kappa shape index (κ3) is 10.3. The van der Waals surface area contributed by atoms with Crippen molar-refractivity contribution >= 4 is 31.4 Å². The molecule has 0 aliphatic carbocycles. The molecule has 0 radical (unpaired) electrons. The zero-order valence-corrected chi connectivity index (χ0v) is 14.3. The van der Waals surface area contributed by atoms with E-state index in [1.165, 1.54) is 30.9 Å². The average Bonchev–Trinajstić information content (AvgIpc) is 2.29. The number of hydrogen-bond donors (Lipinski definition) is 0. The molecule has 0 aliphatic heterocycles. The molecule has 0 nitrogen and oxygen atoms in total. The standard InChI is InChI=1S/C14H27PS2/c1-6-8-14(11-13(2)17-5)12-15(3)9-7-10-16-4/h1,13-14H,7-12H2,2-5H3. The minimum Gasteiger partial charge on any atom is -0.165 e. The van der Waals surface area contributed by atoms with Gasteiger partial charge in [0.25, 0.3) is 0 Å². The van der Waals surface area contributed by atoms with Crippen molar-refractivity contribution < 1.29 is 0 Å². The van der Waals surface area contributed by atoms with E-state index in [0.717, 1.165) is 17.6 Å². The van der Waals surface area contributed by atoms with Gasteiger partial charge in [-0.05, 0) is 56.0 Å². The van der Waals surface area contributed by atoms with Crippen molar-refractivity contribution in [1.29, 1.82) is 0 Å². The fourth-order valence-corrected chi connectivity index (χ4v) is 5.12. The third-order valence-electron chi connectivity index (χ3n) is 2.93. The van der Waals surface area contributed by atoms with Gasteiger partial charge >= 0.3 is 0 Å². The second-order valence-electron chi connectivity index (χ2n) is 4.66. The minimum absolute atomic E-state index is 0.203. The molecule has 0 aliphatic rings. The van der Waals surface area contributed by atoms with Crippen molar-refractivity contribution in [3.8, 4) is 12.3 Å². The molecular weight excluding hydrogens is 263 g/mol. The highest BCUT2D eigenvalue weighted by Crippen LogP contribution is 2.37. The summed E-state index contributed by atoms with van der Waals surface area (Å²) < 4.78 is 0. The molecule has 0 amide bonds. The van der Waals surface area contributed by atoms with E-state index in [0.29, 0.717) is 0 Å². The van der Waals surface area contributed by atoms with E-state index >= 15 is 0 Å². The predicted octanol–water partition coefficient (Wildman–Crippen LogP) is 4.63. The molecule has 0 aromatic heterocycles. The predicted molar refractivity (Wildman–Crippen MR) is 90.1 cm³/mol. The quantitative estimate of drug-likeness (QED) is 0.327. The van der Waals surface area contributed by atoms with E-state index in [1.54, 1.807) is 0 Å². The van der Waals surface area contributed by atoms with E-state index in [9.17, 15) is 0 Å². The van der Waals surface area contributed by atoms with Crippen LogP contribution < -0.4 is 0 Å². The average molecular weight is 290 g/mol. The van der Waals surface area contributed by atoms with Crippen molar-refractivity contribution in [1.82, 2.24) is 0 Å². The first-order chi connectivity index (χ1) is 8.13. The van der Waals surface area contributed by atoms with Crippen LogP contribution in [0.1, 0.15) is 26.2 Å². The summed E-state index contributed by atoms with van der Waals surface area (Å²) in [5.41, 5.74) is 0. The first-order valence-electron chi connectivity index (χ1n) is 6.27. The van der Waals surface area contributed by atoms with Gasteiger partial charge in [-0.2, -0.15) is 23.5 Å². The third-order valence-corrected chi connectivity index (χ3v) is 6.85. The summed E-state index contributed by atoms with van der Waals surface area (Å²) in [4.78, 5) is 0. The molecule has 0 bridgehead atoms. The van der Waals surface area contributed by atoms with Gasteiger partial charge in [0.15, 0.2) is 0 Å². The Balaban J connectivity index is 3.93. The molecule has 0 N–H and O–H groups in total. The fourth-order valence-electron chi connectivity index (χ4n) is 1.97. The Hall–Kier alpha value is 0.690. The molecule has 0 rings (SSSR count). The summed E-state index contributed by atoms with van der Waals surface area (Å²) in [5.74, 6) is 4.94. The maximum atomic E-state index is 5.49. The molecule has 3 atom stereocenters. The Labute approximate surface area is 118 Å². The van der Waals surface area contributed by atoms with E-state index in [4.69, 9.17) is 6.42 Å². The lowest BCUT2D eigenvalue weighted by Crippen LogP contribution is -2.11. The fraction of sp³-hybridized carbons (Fsp3) is 0.857. The first-order valence-corrected chi connectivity index (χ1v) is 11.1. The summed E-state index contributed by atoms with van der Waals surface area (Å²) in [6.07, 6.45) is 16.3. The summed E-state index contributed by atoms with van der Waals surface area (Å²) in [6, 6.07) is 0. The van der Waals surface area contributed by atoms with Gasteiger partial charge in [0, 0.05) is 11.7 Å². The minimum atomic E-state index is 0.203. The Kier molecular flexibility index (Phi) is 12.2. The lowest BCUT2D eigenvalue weighted by molar-refractivity contribution is 0.553. The van der Waals surface area contributed by atoms with Crippen LogP contribution in [0.4, 0.5) is 0 Å². The second-order valence-corrected chi connectivity index (χ2v) is 9.45. The van der Waals surface area contributed by atoms with Crippen LogP contribution in [0.15, 0.2) is 0 Å². The maximum Gasteiger partial charge on any atom is 0.0118 e. The van der Waals surface area contributed by atoms with Crippen LogP contribution >= 0.6 is 31.4 Å². The van der Waals surface area contributed by atoms with Crippen molar-refractivity contribution in [3.05, 3.63) is 0 Å². The highest BCUT2D eigenvalue weighted by molar-refractivity contribution is 7.99.